The van der Waals surface area contributed by atoms with Gasteiger partial charge in [-0.05, 0) is 31.1 Å². The number of piperazine rings is 1. The summed E-state index contributed by atoms with van der Waals surface area (Å²) in [5.74, 6) is 0.507. The van der Waals surface area contributed by atoms with Gasteiger partial charge in [-0.3, -0.25) is 9.59 Å². The number of hydrogen-bond donors (Lipinski definition) is 1. The fourth-order valence-corrected chi connectivity index (χ4v) is 3.09. The molecule has 0 bridgehead atoms. The third kappa shape index (κ3) is 2.82. The Morgan fingerprint density at radius 3 is 2.45 bits per heavy atom. The van der Waals surface area contributed by atoms with E-state index in [1.54, 1.807) is 12.0 Å². The van der Waals surface area contributed by atoms with Crippen LogP contribution in [0, 0.1) is 11.8 Å². The van der Waals surface area contributed by atoms with E-state index in [1.807, 2.05) is 20.8 Å². The van der Waals surface area contributed by atoms with Crippen LogP contribution >= 0.6 is 0 Å². The van der Waals surface area contributed by atoms with Gasteiger partial charge in [0.05, 0.1) is 12.6 Å². The number of amides is 2. The minimum atomic E-state index is -0.377. The van der Waals surface area contributed by atoms with Gasteiger partial charge < -0.3 is 15.0 Å². The lowest BCUT2D eigenvalue weighted by atomic mass is 9.93. The predicted molar refractivity (Wildman–Crippen MR) is 76.1 cm³/mol. The molecule has 1 heterocycles. The fraction of sp³-hybridized carbons (Fsp3) is 0.867. The van der Waals surface area contributed by atoms with Crippen LogP contribution in [0.4, 0.5) is 0 Å². The van der Waals surface area contributed by atoms with Crippen LogP contribution in [0.15, 0.2) is 0 Å². The van der Waals surface area contributed by atoms with E-state index in [0.717, 1.165) is 19.3 Å². The standard InChI is InChI=1S/C15H26N2O3/c1-5-11(8-20-4)17-13(9(2)3)14(18)16-12(15(17)19)10-6-7-10/h9-13H,5-8H2,1-4H3,(H,16,18). The zero-order valence-corrected chi connectivity index (χ0v) is 12.9. The van der Waals surface area contributed by atoms with Crippen molar-refractivity contribution in [1.82, 2.24) is 10.2 Å². The van der Waals surface area contributed by atoms with Crippen molar-refractivity contribution in [2.75, 3.05) is 13.7 Å². The first kappa shape index (κ1) is 15.3. The minimum Gasteiger partial charge on any atom is -0.383 e. The summed E-state index contributed by atoms with van der Waals surface area (Å²) >= 11 is 0. The second-order valence-corrected chi connectivity index (χ2v) is 6.28. The summed E-state index contributed by atoms with van der Waals surface area (Å²) in [7, 11) is 1.64. The van der Waals surface area contributed by atoms with Crippen molar-refractivity contribution in [2.24, 2.45) is 11.8 Å². The number of hydrogen-bond acceptors (Lipinski definition) is 3. The molecule has 114 valence electrons. The Balaban J connectivity index is 2.27. The van der Waals surface area contributed by atoms with Crippen LogP contribution in [0.1, 0.15) is 40.0 Å². The van der Waals surface area contributed by atoms with E-state index in [-0.39, 0.29) is 35.9 Å². The maximum atomic E-state index is 12.8. The van der Waals surface area contributed by atoms with Crippen molar-refractivity contribution < 1.29 is 14.3 Å². The SMILES string of the molecule is CCC(COC)N1C(=O)C(C2CC2)NC(=O)C1C(C)C. The van der Waals surface area contributed by atoms with Crippen LogP contribution in [0.25, 0.3) is 0 Å². The minimum absolute atomic E-state index is 0.00828. The normalized spacial score (nSPS) is 28.8. The van der Waals surface area contributed by atoms with Gasteiger partial charge in [-0.2, -0.15) is 0 Å². The lowest BCUT2D eigenvalue weighted by Crippen LogP contribution is -2.68. The number of nitrogens with one attached hydrogen (secondary N) is 1. The number of rotatable bonds is 6. The first-order valence-electron chi connectivity index (χ1n) is 7.62. The largest absolute Gasteiger partial charge is 0.383 e. The maximum absolute atomic E-state index is 12.8. The van der Waals surface area contributed by atoms with Gasteiger partial charge in [0.2, 0.25) is 11.8 Å². The van der Waals surface area contributed by atoms with Crippen molar-refractivity contribution >= 4 is 11.8 Å². The lowest BCUT2D eigenvalue weighted by molar-refractivity contribution is -0.156. The van der Waals surface area contributed by atoms with Gasteiger partial charge in [-0.1, -0.05) is 20.8 Å². The average molecular weight is 282 g/mol. The quantitative estimate of drug-likeness (QED) is 0.795. The molecule has 0 aromatic rings. The molecule has 0 aromatic carbocycles. The first-order valence-corrected chi connectivity index (χ1v) is 7.62. The molecule has 1 saturated carbocycles. The van der Waals surface area contributed by atoms with Gasteiger partial charge in [0.1, 0.15) is 12.1 Å². The summed E-state index contributed by atoms with van der Waals surface area (Å²) in [6.45, 7) is 6.49. The van der Waals surface area contributed by atoms with Crippen LogP contribution < -0.4 is 5.32 Å². The van der Waals surface area contributed by atoms with E-state index in [2.05, 4.69) is 5.32 Å². The maximum Gasteiger partial charge on any atom is 0.246 e. The van der Waals surface area contributed by atoms with Crippen molar-refractivity contribution in [3.63, 3.8) is 0 Å². The topological polar surface area (TPSA) is 58.6 Å². The van der Waals surface area contributed by atoms with Gasteiger partial charge in [-0.15, -0.1) is 0 Å². The van der Waals surface area contributed by atoms with Crippen molar-refractivity contribution in [3.05, 3.63) is 0 Å². The Labute approximate surface area is 121 Å². The Morgan fingerprint density at radius 1 is 1.35 bits per heavy atom. The molecule has 0 radical (unpaired) electrons. The number of methoxy groups -OCH3 is 1. The highest BCUT2D eigenvalue weighted by Crippen LogP contribution is 2.36. The summed E-state index contributed by atoms with van der Waals surface area (Å²) in [6.07, 6.45) is 2.88. The molecule has 3 unspecified atom stereocenters. The molecule has 2 aliphatic rings. The second kappa shape index (κ2) is 6.12. The molecule has 1 aliphatic heterocycles. The Hall–Kier alpha value is -1.10. The highest BCUT2D eigenvalue weighted by atomic mass is 16.5. The van der Waals surface area contributed by atoms with Crippen LogP contribution in [0.5, 0.6) is 0 Å². The number of carbonyl (C=O) groups excluding carboxylic acids is 2. The highest BCUT2D eigenvalue weighted by Gasteiger charge is 2.49. The van der Waals surface area contributed by atoms with Gasteiger partial charge >= 0.3 is 0 Å². The molecule has 5 heteroatoms. The first-order chi connectivity index (χ1) is 9.51. The van der Waals surface area contributed by atoms with Gasteiger partial charge in [-0.25, -0.2) is 0 Å². The van der Waals surface area contributed by atoms with E-state index in [0.29, 0.717) is 12.5 Å². The molecular formula is C15H26N2O3. The predicted octanol–water partition coefficient (Wildman–Crippen LogP) is 1.17. The molecule has 1 aliphatic carbocycles. The molecular weight excluding hydrogens is 256 g/mol. The van der Waals surface area contributed by atoms with E-state index < -0.39 is 0 Å². The average Bonchev–Trinajstić information content (AvgIpc) is 3.22. The number of ether oxygens (including phenoxy) is 1. The Bertz CT molecular complexity index is 379. The van der Waals surface area contributed by atoms with Crippen LogP contribution in [-0.2, 0) is 14.3 Å². The molecule has 1 saturated heterocycles. The summed E-state index contributed by atoms with van der Waals surface area (Å²) in [5, 5.41) is 2.94. The molecule has 20 heavy (non-hydrogen) atoms. The van der Waals surface area contributed by atoms with Crippen molar-refractivity contribution in [1.29, 1.82) is 0 Å². The monoisotopic (exact) mass is 282 g/mol. The molecule has 3 atom stereocenters. The third-order valence-electron chi connectivity index (χ3n) is 4.34. The molecule has 2 rings (SSSR count). The summed E-state index contributed by atoms with van der Waals surface area (Å²) in [5.41, 5.74) is 0. The van der Waals surface area contributed by atoms with Crippen molar-refractivity contribution in [2.45, 2.75) is 58.2 Å². The number of nitrogens with zero attached hydrogens (tertiary/aromatic N) is 1. The van der Waals surface area contributed by atoms with Crippen LogP contribution in [0.2, 0.25) is 0 Å². The molecule has 0 spiro atoms. The second-order valence-electron chi connectivity index (χ2n) is 6.28. The molecule has 2 amide bonds. The van der Waals surface area contributed by atoms with E-state index >= 15 is 0 Å². The highest BCUT2D eigenvalue weighted by molar-refractivity contribution is 5.97. The number of carbonyl (C=O) groups is 2. The zero-order valence-electron chi connectivity index (χ0n) is 12.9. The summed E-state index contributed by atoms with van der Waals surface area (Å²) < 4.78 is 5.25. The van der Waals surface area contributed by atoms with Gasteiger partial charge in [0.15, 0.2) is 0 Å². The van der Waals surface area contributed by atoms with Crippen molar-refractivity contribution in [3.8, 4) is 0 Å². The van der Waals surface area contributed by atoms with E-state index in [4.69, 9.17) is 4.74 Å². The fourth-order valence-electron chi connectivity index (χ4n) is 3.09. The summed E-state index contributed by atoms with van der Waals surface area (Å²) in [4.78, 5) is 27.0. The lowest BCUT2D eigenvalue weighted by Gasteiger charge is -2.44. The van der Waals surface area contributed by atoms with E-state index in [1.165, 1.54) is 0 Å². The third-order valence-corrected chi connectivity index (χ3v) is 4.34. The van der Waals surface area contributed by atoms with Gasteiger partial charge in [0, 0.05) is 7.11 Å². The molecule has 1 N–H and O–H groups in total. The van der Waals surface area contributed by atoms with Gasteiger partial charge in [0.25, 0.3) is 0 Å². The van der Waals surface area contributed by atoms with E-state index in [9.17, 15) is 9.59 Å². The van der Waals surface area contributed by atoms with Crippen LogP contribution in [-0.4, -0.2) is 48.6 Å². The molecule has 5 nitrogen and oxygen atoms in total. The van der Waals surface area contributed by atoms with Crippen LogP contribution in [0.3, 0.4) is 0 Å². The summed E-state index contributed by atoms with van der Waals surface area (Å²) in [6, 6.07) is -0.715. The molecule has 2 fully saturated rings. The smallest absolute Gasteiger partial charge is 0.246 e. The zero-order chi connectivity index (χ0) is 14.9. The Morgan fingerprint density at radius 2 is 2.00 bits per heavy atom. The molecule has 0 aromatic heterocycles. The Kier molecular flexibility index (Phi) is 4.68.